The monoisotopic (exact) mass is 280 g/mol. The first-order valence-electron chi connectivity index (χ1n) is 7.52. The van der Waals surface area contributed by atoms with Crippen LogP contribution in [0.4, 0.5) is 0 Å². The van der Waals surface area contributed by atoms with Gasteiger partial charge in [0.15, 0.2) is 5.78 Å². The number of carbonyl (C=O) groups is 3. The summed E-state index contributed by atoms with van der Waals surface area (Å²) in [6.45, 7) is 5.96. The molecule has 0 spiro atoms. The van der Waals surface area contributed by atoms with Crippen LogP contribution in [0, 0.1) is 5.92 Å². The molecule has 2 saturated heterocycles. The standard InChI is InChI=1S/C15H24N2O3/c1-9(2)14(19)13-5-4-8-17(13)15(20)12-7-6-11(16-12)10(3)18/h9,11-13,16H,4-8H2,1-3H3/t11-,12+,13-/m0/s1. The Balaban J connectivity index is 2.02. The third-order valence-corrected chi connectivity index (χ3v) is 4.37. The number of ketones is 2. The van der Waals surface area contributed by atoms with Gasteiger partial charge in [0, 0.05) is 12.5 Å². The molecule has 2 fully saturated rings. The largest absolute Gasteiger partial charge is 0.331 e. The summed E-state index contributed by atoms with van der Waals surface area (Å²) < 4.78 is 0. The van der Waals surface area contributed by atoms with Crippen molar-refractivity contribution in [1.82, 2.24) is 10.2 Å². The highest BCUT2D eigenvalue weighted by molar-refractivity contribution is 5.93. The minimum atomic E-state index is -0.301. The maximum Gasteiger partial charge on any atom is 0.240 e. The van der Waals surface area contributed by atoms with E-state index in [1.54, 1.807) is 11.8 Å². The first-order valence-corrected chi connectivity index (χ1v) is 7.52. The van der Waals surface area contributed by atoms with Crippen LogP contribution >= 0.6 is 0 Å². The molecule has 0 saturated carbocycles. The Hall–Kier alpha value is -1.23. The molecule has 2 heterocycles. The van der Waals surface area contributed by atoms with Gasteiger partial charge in [-0.05, 0) is 32.6 Å². The van der Waals surface area contributed by atoms with Crippen molar-refractivity contribution in [3.63, 3.8) is 0 Å². The van der Waals surface area contributed by atoms with Gasteiger partial charge >= 0.3 is 0 Å². The molecule has 1 N–H and O–H groups in total. The van der Waals surface area contributed by atoms with Crippen LogP contribution in [0.3, 0.4) is 0 Å². The Morgan fingerprint density at radius 2 is 1.75 bits per heavy atom. The quantitative estimate of drug-likeness (QED) is 0.831. The van der Waals surface area contributed by atoms with E-state index >= 15 is 0 Å². The van der Waals surface area contributed by atoms with Gasteiger partial charge in [-0.25, -0.2) is 0 Å². The number of nitrogens with zero attached hydrogens (tertiary/aromatic N) is 1. The lowest BCUT2D eigenvalue weighted by molar-refractivity contribution is -0.140. The lowest BCUT2D eigenvalue weighted by atomic mass is 9.99. The van der Waals surface area contributed by atoms with Gasteiger partial charge in [0.1, 0.15) is 5.78 Å². The smallest absolute Gasteiger partial charge is 0.240 e. The second-order valence-corrected chi connectivity index (χ2v) is 6.21. The molecule has 0 aromatic heterocycles. The summed E-state index contributed by atoms with van der Waals surface area (Å²) in [4.78, 5) is 37.8. The molecular formula is C15H24N2O3. The molecule has 0 radical (unpaired) electrons. The van der Waals surface area contributed by atoms with Crippen molar-refractivity contribution in [3.05, 3.63) is 0 Å². The van der Waals surface area contributed by atoms with Crippen LogP contribution in [-0.2, 0) is 14.4 Å². The van der Waals surface area contributed by atoms with E-state index in [4.69, 9.17) is 0 Å². The van der Waals surface area contributed by atoms with Gasteiger partial charge in [0.25, 0.3) is 0 Å². The van der Waals surface area contributed by atoms with E-state index in [2.05, 4.69) is 5.32 Å². The average Bonchev–Trinajstić information content (AvgIpc) is 3.05. The number of Topliss-reactive ketones (excluding diaryl/α,β-unsaturated/α-hetero) is 2. The number of hydrogen-bond donors (Lipinski definition) is 1. The molecule has 0 bridgehead atoms. The van der Waals surface area contributed by atoms with Gasteiger partial charge in [-0.3, -0.25) is 19.7 Å². The third kappa shape index (κ3) is 2.92. The Labute approximate surface area is 120 Å². The lowest BCUT2D eigenvalue weighted by Gasteiger charge is -2.27. The van der Waals surface area contributed by atoms with E-state index < -0.39 is 0 Å². The predicted molar refractivity (Wildman–Crippen MR) is 75.2 cm³/mol. The Morgan fingerprint density at radius 3 is 2.30 bits per heavy atom. The van der Waals surface area contributed by atoms with E-state index in [1.807, 2.05) is 13.8 Å². The summed E-state index contributed by atoms with van der Waals surface area (Å²) >= 11 is 0. The van der Waals surface area contributed by atoms with E-state index in [1.165, 1.54) is 0 Å². The number of rotatable bonds is 4. The number of amides is 1. The molecule has 20 heavy (non-hydrogen) atoms. The van der Waals surface area contributed by atoms with Crippen molar-refractivity contribution in [2.75, 3.05) is 6.54 Å². The molecule has 3 atom stereocenters. The van der Waals surface area contributed by atoms with E-state index in [0.717, 1.165) is 12.8 Å². The van der Waals surface area contributed by atoms with Crippen LogP contribution in [-0.4, -0.2) is 47.0 Å². The van der Waals surface area contributed by atoms with Crippen molar-refractivity contribution in [3.8, 4) is 0 Å². The van der Waals surface area contributed by atoms with Crippen molar-refractivity contribution in [1.29, 1.82) is 0 Å². The van der Waals surface area contributed by atoms with Crippen LogP contribution in [0.1, 0.15) is 46.5 Å². The molecule has 0 aromatic carbocycles. The molecule has 0 aromatic rings. The van der Waals surface area contributed by atoms with Gasteiger partial charge in [-0.1, -0.05) is 13.8 Å². The fourth-order valence-corrected chi connectivity index (χ4v) is 3.17. The van der Waals surface area contributed by atoms with Crippen molar-refractivity contribution in [2.24, 2.45) is 5.92 Å². The second-order valence-electron chi connectivity index (χ2n) is 6.21. The zero-order chi connectivity index (χ0) is 14.9. The number of hydrogen-bond acceptors (Lipinski definition) is 4. The number of likely N-dealkylation sites (tertiary alicyclic amines) is 1. The van der Waals surface area contributed by atoms with Crippen molar-refractivity contribution in [2.45, 2.75) is 64.6 Å². The third-order valence-electron chi connectivity index (χ3n) is 4.37. The first kappa shape index (κ1) is 15.2. The second kappa shape index (κ2) is 6.04. The summed E-state index contributed by atoms with van der Waals surface area (Å²) in [5.74, 6) is 0.175. The molecule has 112 valence electrons. The summed E-state index contributed by atoms with van der Waals surface area (Å²) in [5.41, 5.74) is 0. The highest BCUT2D eigenvalue weighted by Gasteiger charge is 2.40. The van der Waals surface area contributed by atoms with E-state index in [0.29, 0.717) is 19.4 Å². The molecule has 5 heteroatoms. The average molecular weight is 280 g/mol. The number of carbonyl (C=O) groups excluding carboxylic acids is 3. The van der Waals surface area contributed by atoms with Crippen LogP contribution in [0.2, 0.25) is 0 Å². The van der Waals surface area contributed by atoms with Crippen LogP contribution in [0.5, 0.6) is 0 Å². The lowest BCUT2D eigenvalue weighted by Crippen LogP contribution is -2.50. The predicted octanol–water partition coefficient (Wildman–Crippen LogP) is 0.912. The highest BCUT2D eigenvalue weighted by atomic mass is 16.2. The summed E-state index contributed by atoms with van der Waals surface area (Å²) in [5, 5.41) is 3.10. The van der Waals surface area contributed by atoms with Crippen molar-refractivity contribution < 1.29 is 14.4 Å². The number of nitrogens with one attached hydrogen (secondary N) is 1. The molecule has 2 aliphatic heterocycles. The first-order chi connectivity index (χ1) is 9.41. The molecular weight excluding hydrogens is 256 g/mol. The van der Waals surface area contributed by atoms with Gasteiger partial charge in [0.05, 0.1) is 18.1 Å². The summed E-state index contributed by atoms with van der Waals surface area (Å²) in [6.07, 6.45) is 3.05. The SMILES string of the molecule is CC(=O)[C@@H]1CC[C@H](C(=O)N2CCC[C@H]2C(=O)C(C)C)N1. The Kier molecular flexibility index (Phi) is 4.58. The van der Waals surface area contributed by atoms with E-state index in [9.17, 15) is 14.4 Å². The van der Waals surface area contributed by atoms with Crippen molar-refractivity contribution >= 4 is 17.5 Å². The minimum Gasteiger partial charge on any atom is -0.331 e. The Bertz CT molecular complexity index is 419. The Morgan fingerprint density at radius 1 is 1.10 bits per heavy atom. The van der Waals surface area contributed by atoms with Crippen LogP contribution < -0.4 is 5.32 Å². The molecule has 0 aliphatic carbocycles. The summed E-state index contributed by atoms with van der Waals surface area (Å²) in [7, 11) is 0. The van der Waals surface area contributed by atoms with Crippen LogP contribution in [0.15, 0.2) is 0 Å². The van der Waals surface area contributed by atoms with E-state index in [-0.39, 0.29) is 41.5 Å². The summed E-state index contributed by atoms with van der Waals surface area (Å²) in [6, 6.07) is -0.768. The normalized spacial score (nSPS) is 30.0. The topological polar surface area (TPSA) is 66.5 Å². The minimum absolute atomic E-state index is 0.00903. The molecule has 0 unspecified atom stereocenters. The molecule has 2 aliphatic rings. The molecule has 1 amide bonds. The van der Waals surface area contributed by atoms with Crippen LogP contribution in [0.25, 0.3) is 0 Å². The van der Waals surface area contributed by atoms with Gasteiger partial charge in [-0.2, -0.15) is 0 Å². The molecule has 5 nitrogen and oxygen atoms in total. The maximum absolute atomic E-state index is 12.6. The van der Waals surface area contributed by atoms with Gasteiger partial charge < -0.3 is 4.90 Å². The highest BCUT2D eigenvalue weighted by Crippen LogP contribution is 2.24. The van der Waals surface area contributed by atoms with Gasteiger partial charge in [-0.15, -0.1) is 0 Å². The zero-order valence-corrected chi connectivity index (χ0v) is 12.5. The van der Waals surface area contributed by atoms with Gasteiger partial charge in [0.2, 0.25) is 5.91 Å². The molecule has 2 rings (SSSR count). The maximum atomic E-state index is 12.6. The fraction of sp³-hybridized carbons (Fsp3) is 0.800. The fourth-order valence-electron chi connectivity index (χ4n) is 3.17. The zero-order valence-electron chi connectivity index (χ0n) is 12.5.